The number of ketones is 1. The quantitative estimate of drug-likeness (QED) is 0.0264. The number of ether oxygens (including phenoxy) is 3. The average molecular weight is 830 g/mol. The third-order valence-corrected chi connectivity index (χ3v) is 12.7. The number of allylic oxidation sites excluding steroid dienone is 2. The van der Waals surface area contributed by atoms with Crippen molar-refractivity contribution in [2.45, 2.75) is 252 Å². The van der Waals surface area contributed by atoms with E-state index in [9.17, 15) is 9.59 Å². The van der Waals surface area contributed by atoms with Gasteiger partial charge in [-0.15, -0.1) is 6.58 Å². The zero-order chi connectivity index (χ0) is 42.9. The van der Waals surface area contributed by atoms with Crippen molar-refractivity contribution in [2.24, 2.45) is 11.8 Å². The van der Waals surface area contributed by atoms with Crippen LogP contribution in [0.1, 0.15) is 245 Å². The molecule has 6 heteroatoms. The van der Waals surface area contributed by atoms with Gasteiger partial charge in [-0.1, -0.05) is 155 Å². The van der Waals surface area contributed by atoms with Crippen LogP contribution in [0.5, 0.6) is 0 Å². The van der Waals surface area contributed by atoms with Gasteiger partial charge in [0.05, 0.1) is 25.6 Å². The number of hydrogen-bond acceptors (Lipinski definition) is 6. The number of rotatable bonds is 46. The summed E-state index contributed by atoms with van der Waals surface area (Å²) in [7, 11) is 0. The zero-order valence-electron chi connectivity index (χ0n) is 39.7. The molecule has 1 fully saturated rings. The number of unbranched alkanes of at least 4 members (excludes halogenated alkanes) is 19. The molecule has 6 nitrogen and oxygen atoms in total. The number of carbonyl (C=O) groups is 2. The molecule has 0 radical (unpaired) electrons. The van der Waals surface area contributed by atoms with E-state index in [1.165, 1.54) is 128 Å². The lowest BCUT2D eigenvalue weighted by Crippen LogP contribution is -2.34. The molecule has 0 aromatic heterocycles. The first-order valence-corrected chi connectivity index (χ1v) is 25.8. The van der Waals surface area contributed by atoms with Gasteiger partial charge >= 0.3 is 5.97 Å². The Morgan fingerprint density at radius 2 is 1.17 bits per heavy atom. The highest BCUT2D eigenvalue weighted by Gasteiger charge is 2.31. The van der Waals surface area contributed by atoms with E-state index in [1.54, 1.807) is 0 Å². The monoisotopic (exact) mass is 830 g/mol. The van der Waals surface area contributed by atoms with Crippen molar-refractivity contribution in [3.05, 3.63) is 25.0 Å². The highest BCUT2D eigenvalue weighted by Crippen LogP contribution is 2.29. The van der Waals surface area contributed by atoms with Crippen LogP contribution in [-0.2, 0) is 23.8 Å². The van der Waals surface area contributed by atoms with Crippen molar-refractivity contribution < 1.29 is 23.8 Å². The Balaban J connectivity index is 2.30. The molecule has 1 saturated heterocycles. The van der Waals surface area contributed by atoms with Gasteiger partial charge < -0.3 is 14.2 Å². The first-order chi connectivity index (χ1) is 28.9. The summed E-state index contributed by atoms with van der Waals surface area (Å²) in [5.74, 6) is 2.81. The smallest absolute Gasteiger partial charge is 0.305 e. The molecule has 0 amide bonds. The van der Waals surface area contributed by atoms with Crippen molar-refractivity contribution in [3.8, 4) is 0 Å². The summed E-state index contributed by atoms with van der Waals surface area (Å²) in [5.41, 5.74) is 0. The fourth-order valence-electron chi connectivity index (χ4n) is 8.84. The van der Waals surface area contributed by atoms with Gasteiger partial charge in [-0.25, -0.2) is 0 Å². The molecule has 1 heterocycles. The highest BCUT2D eigenvalue weighted by atomic mass is 16.5. The predicted molar refractivity (Wildman–Crippen MR) is 253 cm³/mol. The second kappa shape index (κ2) is 41.7. The maximum absolute atomic E-state index is 12.7. The normalized spacial score (nSPS) is 15.6. The van der Waals surface area contributed by atoms with Crippen molar-refractivity contribution in [2.75, 3.05) is 39.5 Å². The van der Waals surface area contributed by atoms with Crippen LogP contribution in [-0.4, -0.2) is 62.2 Å². The lowest BCUT2D eigenvalue weighted by molar-refractivity contribution is -0.144. The first kappa shape index (κ1) is 55.4. The summed E-state index contributed by atoms with van der Waals surface area (Å²) < 4.78 is 17.7. The number of Topliss-reactive ketones (excluding diaryl/α,β-unsaturated/α-hetero) is 1. The van der Waals surface area contributed by atoms with E-state index in [2.05, 4.69) is 38.8 Å². The molecule has 0 bridgehead atoms. The lowest BCUT2D eigenvalue weighted by Gasteiger charge is -2.24. The van der Waals surface area contributed by atoms with Crippen LogP contribution in [0.2, 0.25) is 0 Å². The molecule has 0 N–H and O–H groups in total. The van der Waals surface area contributed by atoms with Crippen molar-refractivity contribution in [1.82, 2.24) is 4.90 Å². The van der Waals surface area contributed by atoms with Crippen LogP contribution >= 0.6 is 0 Å². The minimum absolute atomic E-state index is 0.0129. The fourth-order valence-corrected chi connectivity index (χ4v) is 8.84. The van der Waals surface area contributed by atoms with Gasteiger partial charge in [0.2, 0.25) is 0 Å². The average Bonchev–Trinajstić information content (AvgIpc) is 3.62. The number of carbonyl (C=O) groups excluding carboxylic acids is 2. The molecule has 0 spiro atoms. The minimum Gasteiger partial charge on any atom is -0.499 e. The lowest BCUT2D eigenvalue weighted by atomic mass is 9.91. The fraction of sp³-hybridized carbons (Fsp3) is 0.887. The van der Waals surface area contributed by atoms with E-state index in [-0.39, 0.29) is 5.97 Å². The number of nitrogens with zero attached hydrogens (tertiary/aromatic N) is 1. The van der Waals surface area contributed by atoms with Crippen LogP contribution in [0.15, 0.2) is 25.0 Å². The van der Waals surface area contributed by atoms with Crippen molar-refractivity contribution >= 4 is 11.8 Å². The molecule has 0 aromatic carbocycles. The SMILES string of the molecule is C=CCCCCCCCC(=O)CC[C@H]1C[C@@H](COCCCCCCCC(=O)OCCCC(CCCCC)CCCCC)N(CCCCCCCC(=C)OCCCCC)C1. The van der Waals surface area contributed by atoms with Crippen LogP contribution in [0.25, 0.3) is 0 Å². The van der Waals surface area contributed by atoms with Crippen LogP contribution in [0, 0.1) is 11.8 Å². The Morgan fingerprint density at radius 1 is 0.610 bits per heavy atom. The molecule has 1 aliphatic heterocycles. The molecule has 0 aromatic rings. The summed E-state index contributed by atoms with van der Waals surface area (Å²) in [6.45, 7) is 20.0. The third-order valence-electron chi connectivity index (χ3n) is 12.7. The van der Waals surface area contributed by atoms with Gasteiger partial charge in [0.25, 0.3) is 0 Å². The Hall–Kier alpha value is -1.66. The van der Waals surface area contributed by atoms with E-state index in [0.717, 1.165) is 134 Å². The maximum atomic E-state index is 12.7. The van der Waals surface area contributed by atoms with E-state index < -0.39 is 0 Å². The summed E-state index contributed by atoms with van der Waals surface area (Å²) in [5, 5.41) is 0. The molecule has 2 atom stereocenters. The van der Waals surface area contributed by atoms with Crippen molar-refractivity contribution in [1.29, 1.82) is 0 Å². The Bertz CT molecular complexity index is 973. The minimum atomic E-state index is -0.0129. The molecular weight excluding hydrogens is 731 g/mol. The molecule has 1 aliphatic rings. The molecule has 0 unspecified atom stereocenters. The second-order valence-electron chi connectivity index (χ2n) is 18.3. The molecule has 1 rings (SSSR count). The third kappa shape index (κ3) is 34.6. The highest BCUT2D eigenvalue weighted by molar-refractivity contribution is 5.78. The van der Waals surface area contributed by atoms with Gasteiger partial charge in [-0.2, -0.15) is 0 Å². The standard InChI is InChI=1S/C53H99NO5/c1-6-10-14-15-16-20-27-37-52(55)40-39-50-45-51(54(46-50)41-29-22-17-19-26-33-48(5)58-43-30-13-9-4)47-57-42-31-23-18-21-28-38-53(56)59-44-32-36-49(34-24-11-7-2)35-25-12-8-3/h6,49-51H,1,5,7-47H2,2-4H3/t50-,51-/m0/s1. The van der Waals surface area contributed by atoms with E-state index in [4.69, 9.17) is 14.2 Å². The van der Waals surface area contributed by atoms with Gasteiger partial charge in [-0.3, -0.25) is 14.5 Å². The van der Waals surface area contributed by atoms with Gasteiger partial charge in [0, 0.05) is 44.9 Å². The largest absolute Gasteiger partial charge is 0.499 e. The Labute approximate surface area is 367 Å². The predicted octanol–water partition coefficient (Wildman–Crippen LogP) is 15.5. The zero-order valence-corrected chi connectivity index (χ0v) is 39.7. The van der Waals surface area contributed by atoms with Crippen molar-refractivity contribution in [3.63, 3.8) is 0 Å². The number of esters is 1. The Morgan fingerprint density at radius 3 is 1.86 bits per heavy atom. The Kier molecular flexibility index (Phi) is 39.1. The number of likely N-dealkylation sites (tertiary alicyclic amines) is 1. The molecule has 346 valence electrons. The van der Waals surface area contributed by atoms with Crippen LogP contribution in [0.3, 0.4) is 0 Å². The van der Waals surface area contributed by atoms with Gasteiger partial charge in [-0.05, 0) is 95.4 Å². The maximum Gasteiger partial charge on any atom is 0.305 e. The van der Waals surface area contributed by atoms with E-state index in [0.29, 0.717) is 30.8 Å². The van der Waals surface area contributed by atoms with Gasteiger partial charge in [0.1, 0.15) is 5.78 Å². The topological polar surface area (TPSA) is 65.1 Å². The molecule has 59 heavy (non-hydrogen) atoms. The molecule has 0 aliphatic carbocycles. The summed E-state index contributed by atoms with van der Waals surface area (Å²) in [6, 6.07) is 0.470. The van der Waals surface area contributed by atoms with Crippen LogP contribution < -0.4 is 0 Å². The van der Waals surface area contributed by atoms with Crippen LogP contribution in [0.4, 0.5) is 0 Å². The first-order valence-electron chi connectivity index (χ1n) is 25.8. The second-order valence-corrected chi connectivity index (χ2v) is 18.3. The van der Waals surface area contributed by atoms with E-state index >= 15 is 0 Å². The molecule has 0 saturated carbocycles. The van der Waals surface area contributed by atoms with Gasteiger partial charge in [0.15, 0.2) is 0 Å². The number of hydrogen-bond donors (Lipinski definition) is 0. The van der Waals surface area contributed by atoms with E-state index in [1.807, 2.05) is 6.08 Å². The molecular formula is C53H99NO5. The summed E-state index contributed by atoms with van der Waals surface area (Å²) in [4.78, 5) is 27.8. The summed E-state index contributed by atoms with van der Waals surface area (Å²) in [6.07, 6.45) is 42.2. The summed E-state index contributed by atoms with van der Waals surface area (Å²) >= 11 is 0.